The van der Waals surface area contributed by atoms with Crippen LogP contribution < -0.4 is 10.6 Å². The predicted molar refractivity (Wildman–Crippen MR) is 82.7 cm³/mol. The predicted octanol–water partition coefficient (Wildman–Crippen LogP) is 2.17. The molecule has 112 valence electrons. The Morgan fingerprint density at radius 1 is 1.33 bits per heavy atom. The minimum Gasteiger partial charge on any atom is -0.334 e. The van der Waals surface area contributed by atoms with Crippen LogP contribution in [0.1, 0.15) is 51.0 Å². The van der Waals surface area contributed by atoms with Crippen LogP contribution in [0.3, 0.4) is 0 Å². The highest BCUT2D eigenvalue weighted by Crippen LogP contribution is 2.15. The molecule has 1 aromatic rings. The van der Waals surface area contributed by atoms with E-state index in [4.69, 9.17) is 5.26 Å². The fraction of sp³-hybridized carbons (Fsp3) is 0.529. The highest BCUT2D eigenvalue weighted by atomic mass is 16.2. The van der Waals surface area contributed by atoms with E-state index in [0.717, 1.165) is 0 Å². The lowest BCUT2D eigenvalue weighted by atomic mass is 10.1. The van der Waals surface area contributed by atoms with E-state index in [1.165, 1.54) is 38.5 Å². The standard InChI is InChI=1S/C17H23N3O/c1-13(19-15-8-4-2-3-5-9-15)17(21)20-16-10-6-7-14(11-16)12-18/h6-7,10-11,13,15,19H,2-5,8-9H2,1H3,(H,20,21)/p+1/t13-/m1/s1. The van der Waals surface area contributed by atoms with Crippen molar-refractivity contribution in [3.8, 4) is 6.07 Å². The number of amides is 1. The number of nitriles is 1. The first kappa shape index (κ1) is 15.5. The Morgan fingerprint density at radius 3 is 2.71 bits per heavy atom. The lowest BCUT2D eigenvalue weighted by Crippen LogP contribution is -2.96. The third kappa shape index (κ3) is 4.87. The molecule has 1 aromatic carbocycles. The van der Waals surface area contributed by atoms with E-state index >= 15 is 0 Å². The zero-order valence-electron chi connectivity index (χ0n) is 12.6. The molecule has 21 heavy (non-hydrogen) atoms. The van der Waals surface area contributed by atoms with Gasteiger partial charge in [-0.3, -0.25) is 4.79 Å². The maximum Gasteiger partial charge on any atom is 0.282 e. The second-order valence-electron chi connectivity index (χ2n) is 5.91. The van der Waals surface area contributed by atoms with E-state index in [9.17, 15) is 4.79 Å². The van der Waals surface area contributed by atoms with Crippen molar-refractivity contribution in [2.24, 2.45) is 0 Å². The topological polar surface area (TPSA) is 69.5 Å². The molecular formula is C17H24N3O+. The van der Waals surface area contributed by atoms with Crippen molar-refractivity contribution in [2.75, 3.05) is 5.32 Å². The number of hydrogen-bond acceptors (Lipinski definition) is 2. The van der Waals surface area contributed by atoms with Crippen LogP contribution in [0.25, 0.3) is 0 Å². The number of anilines is 1. The summed E-state index contributed by atoms with van der Waals surface area (Å²) >= 11 is 0. The number of carbonyl (C=O) groups is 1. The summed E-state index contributed by atoms with van der Waals surface area (Å²) < 4.78 is 0. The van der Waals surface area contributed by atoms with Gasteiger partial charge in [-0.15, -0.1) is 0 Å². The first-order valence-electron chi connectivity index (χ1n) is 7.85. The minimum absolute atomic E-state index is 0.00865. The molecule has 2 rings (SSSR count). The molecule has 1 saturated carbocycles. The van der Waals surface area contributed by atoms with Gasteiger partial charge >= 0.3 is 0 Å². The number of hydrogen-bond donors (Lipinski definition) is 2. The maximum atomic E-state index is 12.2. The van der Waals surface area contributed by atoms with Crippen molar-refractivity contribution in [1.82, 2.24) is 0 Å². The van der Waals surface area contributed by atoms with E-state index in [1.54, 1.807) is 18.2 Å². The Balaban J connectivity index is 1.88. The number of nitrogens with one attached hydrogen (secondary N) is 1. The van der Waals surface area contributed by atoms with Gasteiger partial charge < -0.3 is 10.6 Å². The fourth-order valence-corrected chi connectivity index (χ4v) is 2.92. The molecule has 1 aliphatic carbocycles. The number of benzene rings is 1. The van der Waals surface area contributed by atoms with Crippen LogP contribution in [-0.4, -0.2) is 18.0 Å². The molecule has 0 bridgehead atoms. The molecule has 0 aromatic heterocycles. The van der Waals surface area contributed by atoms with Gasteiger partial charge in [0.1, 0.15) is 0 Å². The fourth-order valence-electron chi connectivity index (χ4n) is 2.92. The van der Waals surface area contributed by atoms with Crippen molar-refractivity contribution < 1.29 is 10.1 Å². The van der Waals surface area contributed by atoms with Gasteiger partial charge in [0.25, 0.3) is 5.91 Å². The van der Waals surface area contributed by atoms with Crippen molar-refractivity contribution in [3.05, 3.63) is 29.8 Å². The first-order valence-corrected chi connectivity index (χ1v) is 7.85. The van der Waals surface area contributed by atoms with Crippen molar-refractivity contribution in [3.63, 3.8) is 0 Å². The van der Waals surface area contributed by atoms with Crippen LogP contribution >= 0.6 is 0 Å². The average molecular weight is 286 g/mol. The Bertz CT molecular complexity index is 513. The number of nitrogens with two attached hydrogens (primary N) is 1. The molecule has 0 heterocycles. The molecule has 0 aliphatic heterocycles. The van der Waals surface area contributed by atoms with Crippen LogP contribution in [0.15, 0.2) is 24.3 Å². The number of rotatable bonds is 4. The lowest BCUT2D eigenvalue weighted by Gasteiger charge is -2.18. The molecule has 0 spiro atoms. The molecule has 3 N–H and O–H groups in total. The van der Waals surface area contributed by atoms with Gasteiger partial charge in [0.05, 0.1) is 17.7 Å². The first-order chi connectivity index (χ1) is 10.2. The van der Waals surface area contributed by atoms with E-state index < -0.39 is 0 Å². The number of nitrogens with zero attached hydrogens (tertiary/aromatic N) is 1. The Morgan fingerprint density at radius 2 is 2.05 bits per heavy atom. The summed E-state index contributed by atoms with van der Waals surface area (Å²) in [5.41, 5.74) is 1.26. The zero-order chi connectivity index (χ0) is 15.1. The van der Waals surface area contributed by atoms with E-state index in [0.29, 0.717) is 17.3 Å². The third-order valence-electron chi connectivity index (χ3n) is 4.13. The van der Waals surface area contributed by atoms with Crippen molar-refractivity contribution >= 4 is 11.6 Å². The van der Waals surface area contributed by atoms with Gasteiger partial charge in [-0.1, -0.05) is 18.9 Å². The van der Waals surface area contributed by atoms with E-state index in [1.807, 2.05) is 13.0 Å². The molecule has 1 aliphatic rings. The van der Waals surface area contributed by atoms with Crippen LogP contribution in [0, 0.1) is 11.3 Å². The minimum atomic E-state index is -0.0983. The maximum absolute atomic E-state index is 12.2. The lowest BCUT2D eigenvalue weighted by molar-refractivity contribution is -0.707. The van der Waals surface area contributed by atoms with Gasteiger partial charge in [-0.05, 0) is 50.8 Å². The van der Waals surface area contributed by atoms with Crippen LogP contribution in [0.2, 0.25) is 0 Å². The zero-order valence-corrected chi connectivity index (χ0v) is 12.6. The molecule has 4 nitrogen and oxygen atoms in total. The van der Waals surface area contributed by atoms with Gasteiger partial charge in [0, 0.05) is 5.69 Å². The molecule has 1 fully saturated rings. The quantitative estimate of drug-likeness (QED) is 0.833. The third-order valence-corrected chi connectivity index (χ3v) is 4.13. The molecule has 4 heteroatoms. The summed E-state index contributed by atoms with van der Waals surface area (Å²) in [7, 11) is 0. The summed E-state index contributed by atoms with van der Waals surface area (Å²) in [5.74, 6) is 0.00865. The highest BCUT2D eigenvalue weighted by molar-refractivity contribution is 5.93. The second kappa shape index (κ2) is 7.80. The summed E-state index contributed by atoms with van der Waals surface area (Å²) in [6.07, 6.45) is 7.63. The average Bonchev–Trinajstić information content (AvgIpc) is 2.76. The van der Waals surface area contributed by atoms with Gasteiger partial charge in [0.15, 0.2) is 6.04 Å². The summed E-state index contributed by atoms with van der Waals surface area (Å²) in [6, 6.07) is 9.59. The van der Waals surface area contributed by atoms with Crippen molar-refractivity contribution in [2.45, 2.75) is 57.5 Å². The van der Waals surface area contributed by atoms with Crippen molar-refractivity contribution in [1.29, 1.82) is 5.26 Å². The van der Waals surface area contributed by atoms with Crippen LogP contribution in [-0.2, 0) is 4.79 Å². The summed E-state index contributed by atoms with van der Waals surface area (Å²) in [5, 5.41) is 14.0. The SMILES string of the molecule is C[C@@H]([NH2+]C1CCCCCC1)C(=O)Nc1cccc(C#N)c1. The van der Waals surface area contributed by atoms with Gasteiger partial charge in [-0.25, -0.2) is 0 Å². The van der Waals surface area contributed by atoms with Gasteiger partial charge in [-0.2, -0.15) is 5.26 Å². The second-order valence-corrected chi connectivity index (χ2v) is 5.91. The normalized spacial score (nSPS) is 17.5. The number of carbonyl (C=O) groups excluding carboxylic acids is 1. The summed E-state index contributed by atoms with van der Waals surface area (Å²) in [4.78, 5) is 12.2. The van der Waals surface area contributed by atoms with E-state index in [2.05, 4.69) is 16.7 Å². The molecule has 0 radical (unpaired) electrons. The Hall–Kier alpha value is -1.86. The highest BCUT2D eigenvalue weighted by Gasteiger charge is 2.22. The molecule has 1 amide bonds. The molecular weight excluding hydrogens is 262 g/mol. The van der Waals surface area contributed by atoms with Gasteiger partial charge in [0.2, 0.25) is 0 Å². The van der Waals surface area contributed by atoms with E-state index in [-0.39, 0.29) is 11.9 Å². The largest absolute Gasteiger partial charge is 0.334 e. The van der Waals surface area contributed by atoms with Crippen LogP contribution in [0.5, 0.6) is 0 Å². The Kier molecular flexibility index (Phi) is 5.77. The molecule has 1 atom stereocenters. The molecule has 0 unspecified atom stereocenters. The summed E-state index contributed by atoms with van der Waals surface area (Å²) in [6.45, 7) is 1.95. The monoisotopic (exact) mass is 286 g/mol. The smallest absolute Gasteiger partial charge is 0.282 e. The number of quaternary nitrogens is 1. The van der Waals surface area contributed by atoms with Crippen LogP contribution in [0.4, 0.5) is 5.69 Å². The Labute approximate surface area is 126 Å². The molecule has 0 saturated heterocycles.